The predicted octanol–water partition coefficient (Wildman–Crippen LogP) is -2.55. The summed E-state index contributed by atoms with van der Waals surface area (Å²) in [5, 5.41) is 7.65. The van der Waals surface area contributed by atoms with Gasteiger partial charge in [0.15, 0.2) is 0 Å². The number of hydrogen-bond donors (Lipinski definition) is 4. The molecule has 5 amide bonds. The Kier molecular flexibility index (Phi) is 6.54. The standard InChI is InChI=1S/C18H23N7O5/c19-15(27)13-2-1-7-25(13)18(30)12(24-17(29)10-3-4-14(26)23-10)9-22-16(28)11-8-20-5-6-21-11/h5-6,8,10,12-13H,1-4,7,9H2,(H2,19,27)(H,22,28)(H,23,26)(H,24,29)/t10-,12?,13-/m0/s1. The van der Waals surface area contributed by atoms with Crippen molar-refractivity contribution in [1.29, 1.82) is 0 Å². The van der Waals surface area contributed by atoms with Crippen molar-refractivity contribution >= 4 is 29.5 Å². The molecule has 3 heterocycles. The minimum absolute atomic E-state index is 0.0502. The Morgan fingerprint density at radius 3 is 2.70 bits per heavy atom. The summed E-state index contributed by atoms with van der Waals surface area (Å²) in [6.45, 7) is 0.0830. The third-order valence-electron chi connectivity index (χ3n) is 5.05. The molecule has 0 radical (unpaired) electrons. The van der Waals surface area contributed by atoms with Gasteiger partial charge in [-0.05, 0) is 19.3 Å². The second-order valence-corrected chi connectivity index (χ2v) is 7.11. The van der Waals surface area contributed by atoms with Crippen LogP contribution in [0.4, 0.5) is 0 Å². The van der Waals surface area contributed by atoms with Crippen LogP contribution in [0.15, 0.2) is 18.6 Å². The highest BCUT2D eigenvalue weighted by Crippen LogP contribution is 2.18. The van der Waals surface area contributed by atoms with Gasteiger partial charge < -0.3 is 26.6 Å². The minimum atomic E-state index is -1.14. The van der Waals surface area contributed by atoms with Crippen LogP contribution >= 0.6 is 0 Å². The number of nitrogens with two attached hydrogens (primary N) is 1. The van der Waals surface area contributed by atoms with Gasteiger partial charge in [0.2, 0.25) is 23.6 Å². The van der Waals surface area contributed by atoms with Crippen LogP contribution in [0.1, 0.15) is 36.2 Å². The number of nitrogens with one attached hydrogen (secondary N) is 3. The van der Waals surface area contributed by atoms with Crippen LogP contribution in [0.2, 0.25) is 0 Å². The summed E-state index contributed by atoms with van der Waals surface area (Å²) in [5.41, 5.74) is 5.44. The van der Waals surface area contributed by atoms with Gasteiger partial charge in [0.25, 0.3) is 5.91 Å². The van der Waals surface area contributed by atoms with Crippen molar-refractivity contribution in [2.45, 2.75) is 43.8 Å². The maximum Gasteiger partial charge on any atom is 0.271 e. The molecule has 0 aromatic carbocycles. The number of amides is 5. The number of hydrogen-bond acceptors (Lipinski definition) is 7. The molecule has 2 fully saturated rings. The number of carbonyl (C=O) groups excluding carboxylic acids is 5. The van der Waals surface area contributed by atoms with Crippen molar-refractivity contribution < 1.29 is 24.0 Å². The van der Waals surface area contributed by atoms with Crippen LogP contribution in [-0.2, 0) is 19.2 Å². The van der Waals surface area contributed by atoms with Crippen LogP contribution in [0, 0.1) is 0 Å². The Balaban J connectivity index is 1.71. The average Bonchev–Trinajstić information content (AvgIpc) is 3.40. The number of primary amides is 1. The molecule has 3 atom stereocenters. The molecule has 12 nitrogen and oxygen atoms in total. The number of likely N-dealkylation sites (tertiary alicyclic amines) is 1. The fraction of sp³-hybridized carbons (Fsp3) is 0.500. The Morgan fingerprint density at radius 1 is 1.27 bits per heavy atom. The van der Waals surface area contributed by atoms with Crippen molar-refractivity contribution in [2.24, 2.45) is 5.73 Å². The van der Waals surface area contributed by atoms with Crippen molar-refractivity contribution in [3.05, 3.63) is 24.3 Å². The van der Waals surface area contributed by atoms with Gasteiger partial charge in [-0.3, -0.25) is 29.0 Å². The Morgan fingerprint density at radius 2 is 2.07 bits per heavy atom. The highest BCUT2D eigenvalue weighted by Gasteiger charge is 2.38. The monoisotopic (exact) mass is 417 g/mol. The molecule has 1 aromatic rings. The molecule has 1 aromatic heterocycles. The van der Waals surface area contributed by atoms with E-state index < -0.39 is 41.8 Å². The third kappa shape index (κ3) is 4.88. The predicted molar refractivity (Wildman–Crippen MR) is 101 cm³/mol. The topological polar surface area (TPSA) is 176 Å². The first-order valence-corrected chi connectivity index (χ1v) is 9.60. The van der Waals surface area contributed by atoms with E-state index in [1.54, 1.807) is 0 Å². The van der Waals surface area contributed by atoms with Gasteiger partial charge in [-0.1, -0.05) is 0 Å². The van der Waals surface area contributed by atoms with Crippen LogP contribution in [0.25, 0.3) is 0 Å². The first kappa shape index (κ1) is 21.1. The second kappa shape index (κ2) is 9.29. The van der Waals surface area contributed by atoms with Gasteiger partial charge in [0.1, 0.15) is 23.8 Å². The maximum atomic E-state index is 13.1. The Hall–Kier alpha value is -3.57. The third-order valence-corrected chi connectivity index (χ3v) is 5.05. The minimum Gasteiger partial charge on any atom is -0.368 e. The van der Waals surface area contributed by atoms with Gasteiger partial charge in [-0.25, -0.2) is 4.98 Å². The molecule has 2 aliphatic heterocycles. The van der Waals surface area contributed by atoms with E-state index in [4.69, 9.17) is 5.73 Å². The molecule has 0 spiro atoms. The number of nitrogens with zero attached hydrogens (tertiary/aromatic N) is 3. The van der Waals surface area contributed by atoms with Crippen molar-refractivity contribution in [3.8, 4) is 0 Å². The summed E-state index contributed by atoms with van der Waals surface area (Å²) >= 11 is 0. The summed E-state index contributed by atoms with van der Waals surface area (Å²) in [6.07, 6.45) is 5.60. The van der Waals surface area contributed by atoms with Crippen LogP contribution < -0.4 is 21.7 Å². The van der Waals surface area contributed by atoms with E-state index in [2.05, 4.69) is 25.9 Å². The molecule has 0 bridgehead atoms. The zero-order valence-electron chi connectivity index (χ0n) is 16.2. The number of aromatic nitrogens is 2. The molecular weight excluding hydrogens is 394 g/mol. The van der Waals surface area contributed by atoms with Crippen LogP contribution in [0.5, 0.6) is 0 Å². The SMILES string of the molecule is NC(=O)[C@@H]1CCCN1C(=O)C(CNC(=O)c1cnccn1)NC(=O)[C@@H]1CCC(=O)N1. The van der Waals surface area contributed by atoms with Gasteiger partial charge in [0, 0.05) is 31.9 Å². The second-order valence-electron chi connectivity index (χ2n) is 7.11. The fourth-order valence-corrected chi connectivity index (χ4v) is 3.51. The highest BCUT2D eigenvalue weighted by molar-refractivity contribution is 5.96. The zero-order valence-corrected chi connectivity index (χ0v) is 16.2. The summed E-state index contributed by atoms with van der Waals surface area (Å²) in [4.78, 5) is 69.9. The molecule has 0 saturated carbocycles. The lowest BCUT2D eigenvalue weighted by atomic mass is 10.1. The van der Waals surface area contributed by atoms with Crippen molar-refractivity contribution in [1.82, 2.24) is 30.8 Å². The molecule has 1 unspecified atom stereocenters. The lowest BCUT2D eigenvalue weighted by Gasteiger charge is -2.28. The Bertz CT molecular complexity index is 847. The lowest BCUT2D eigenvalue weighted by molar-refractivity contribution is -0.140. The average molecular weight is 417 g/mol. The van der Waals surface area contributed by atoms with E-state index in [9.17, 15) is 24.0 Å². The van der Waals surface area contributed by atoms with E-state index >= 15 is 0 Å². The highest BCUT2D eigenvalue weighted by atomic mass is 16.2. The molecule has 2 saturated heterocycles. The van der Waals surface area contributed by atoms with E-state index in [1.165, 1.54) is 23.5 Å². The summed E-state index contributed by atoms with van der Waals surface area (Å²) in [7, 11) is 0. The molecule has 160 valence electrons. The fourth-order valence-electron chi connectivity index (χ4n) is 3.51. The van der Waals surface area contributed by atoms with Gasteiger partial charge in [-0.2, -0.15) is 0 Å². The molecular formula is C18H23N7O5. The van der Waals surface area contributed by atoms with Gasteiger partial charge in [-0.15, -0.1) is 0 Å². The van der Waals surface area contributed by atoms with E-state index in [0.29, 0.717) is 25.8 Å². The van der Waals surface area contributed by atoms with Crippen molar-refractivity contribution in [2.75, 3.05) is 13.1 Å². The zero-order chi connectivity index (χ0) is 21.7. The molecule has 30 heavy (non-hydrogen) atoms. The first-order chi connectivity index (χ1) is 14.4. The van der Waals surface area contributed by atoms with Gasteiger partial charge >= 0.3 is 0 Å². The van der Waals surface area contributed by atoms with E-state index in [0.717, 1.165) is 0 Å². The normalized spacial score (nSPS) is 21.6. The smallest absolute Gasteiger partial charge is 0.271 e. The van der Waals surface area contributed by atoms with E-state index in [1.807, 2.05) is 0 Å². The van der Waals surface area contributed by atoms with Crippen LogP contribution in [0.3, 0.4) is 0 Å². The largest absolute Gasteiger partial charge is 0.368 e. The first-order valence-electron chi connectivity index (χ1n) is 9.60. The number of rotatable bonds is 7. The lowest BCUT2D eigenvalue weighted by Crippen LogP contribution is -2.58. The van der Waals surface area contributed by atoms with Crippen LogP contribution in [-0.4, -0.2) is 75.6 Å². The molecule has 0 aliphatic carbocycles. The van der Waals surface area contributed by atoms with E-state index in [-0.39, 0.29) is 24.6 Å². The quantitative estimate of drug-likeness (QED) is 0.377. The summed E-state index contributed by atoms with van der Waals surface area (Å²) < 4.78 is 0. The Labute approximate surface area is 172 Å². The maximum absolute atomic E-state index is 13.1. The number of carbonyl (C=O) groups is 5. The van der Waals surface area contributed by atoms with Crippen molar-refractivity contribution in [3.63, 3.8) is 0 Å². The summed E-state index contributed by atoms with van der Waals surface area (Å²) in [5.74, 6) is -2.52. The molecule has 12 heteroatoms. The molecule has 3 rings (SSSR count). The molecule has 5 N–H and O–H groups in total. The molecule has 2 aliphatic rings. The van der Waals surface area contributed by atoms with Gasteiger partial charge in [0.05, 0.1) is 6.20 Å². The summed E-state index contributed by atoms with van der Waals surface area (Å²) in [6, 6.07) is -2.66.